The molecular weight excluding hydrogens is 398 g/mol. The van der Waals surface area contributed by atoms with Gasteiger partial charge in [0.25, 0.3) is 0 Å². The minimum atomic E-state index is -0.196. The molecule has 0 unspecified atom stereocenters. The highest BCUT2D eigenvalue weighted by molar-refractivity contribution is 5.69. The molecule has 1 aromatic carbocycles. The van der Waals surface area contributed by atoms with Gasteiger partial charge in [0.1, 0.15) is 0 Å². The lowest BCUT2D eigenvalue weighted by molar-refractivity contribution is -0.143. The summed E-state index contributed by atoms with van der Waals surface area (Å²) in [6.45, 7) is 3.66. The van der Waals surface area contributed by atoms with E-state index in [1.807, 2.05) is 0 Å². The Morgan fingerprint density at radius 1 is 0.781 bits per heavy atom. The molecule has 2 N–H and O–H groups in total. The Morgan fingerprint density at radius 3 is 1.84 bits per heavy atom. The molecule has 0 atom stereocenters. The van der Waals surface area contributed by atoms with Crippen molar-refractivity contribution in [2.24, 2.45) is 0 Å². The third kappa shape index (κ3) is 17.1. The maximum atomic E-state index is 11.6. The van der Waals surface area contributed by atoms with Gasteiger partial charge in [-0.3, -0.25) is 4.79 Å². The van der Waals surface area contributed by atoms with Gasteiger partial charge >= 0.3 is 5.97 Å². The standard InChI is InChI=1S/C28H49NO3/c1-2-3-4-5-6-7-8-9-10-11-12-13-14-15-23-29-27-20-17-26(18-21-27)19-22-28(31)32-25-16-24-30/h17-18,20-21,29-30H,2-16,19,22-25H2,1H3. The molecule has 0 aliphatic rings. The lowest BCUT2D eigenvalue weighted by atomic mass is 10.0. The lowest BCUT2D eigenvalue weighted by Gasteiger charge is -2.08. The van der Waals surface area contributed by atoms with Crippen LogP contribution in [-0.2, 0) is 16.0 Å². The molecule has 1 aromatic rings. The highest BCUT2D eigenvalue weighted by atomic mass is 16.5. The van der Waals surface area contributed by atoms with E-state index in [1.54, 1.807) is 0 Å². The first-order valence-electron chi connectivity index (χ1n) is 13.4. The number of carbonyl (C=O) groups is 1. The second kappa shape index (κ2) is 21.3. The summed E-state index contributed by atoms with van der Waals surface area (Å²) in [5.41, 5.74) is 2.29. The first-order valence-corrected chi connectivity index (χ1v) is 13.4. The van der Waals surface area contributed by atoms with Crippen molar-refractivity contribution in [3.05, 3.63) is 29.8 Å². The van der Waals surface area contributed by atoms with Crippen molar-refractivity contribution in [1.29, 1.82) is 0 Å². The molecule has 0 amide bonds. The van der Waals surface area contributed by atoms with Crippen molar-refractivity contribution in [1.82, 2.24) is 0 Å². The van der Waals surface area contributed by atoms with Gasteiger partial charge in [0, 0.05) is 31.7 Å². The Hall–Kier alpha value is -1.55. The first-order chi connectivity index (χ1) is 15.8. The van der Waals surface area contributed by atoms with Gasteiger partial charge in [-0.15, -0.1) is 0 Å². The van der Waals surface area contributed by atoms with Crippen LogP contribution in [0.25, 0.3) is 0 Å². The van der Waals surface area contributed by atoms with E-state index >= 15 is 0 Å². The molecule has 0 bridgehead atoms. The normalized spacial score (nSPS) is 10.9. The van der Waals surface area contributed by atoms with E-state index in [9.17, 15) is 4.79 Å². The van der Waals surface area contributed by atoms with Crippen LogP contribution in [0.5, 0.6) is 0 Å². The zero-order valence-electron chi connectivity index (χ0n) is 20.7. The molecule has 0 radical (unpaired) electrons. The van der Waals surface area contributed by atoms with Gasteiger partial charge in [-0.25, -0.2) is 0 Å². The minimum absolute atomic E-state index is 0.0566. The van der Waals surface area contributed by atoms with E-state index in [0.717, 1.165) is 17.8 Å². The summed E-state index contributed by atoms with van der Waals surface area (Å²) in [5.74, 6) is -0.196. The monoisotopic (exact) mass is 447 g/mol. The topological polar surface area (TPSA) is 58.6 Å². The summed E-state index contributed by atoms with van der Waals surface area (Å²) >= 11 is 0. The predicted octanol–water partition coefficient (Wildman–Crippen LogP) is 7.44. The van der Waals surface area contributed by atoms with Crippen LogP contribution in [0, 0.1) is 0 Å². The molecule has 0 heterocycles. The van der Waals surface area contributed by atoms with Crippen molar-refractivity contribution in [3.8, 4) is 0 Å². The van der Waals surface area contributed by atoms with Gasteiger partial charge in [-0.05, 0) is 30.5 Å². The Balaban J connectivity index is 1.91. The molecule has 0 spiro atoms. The summed E-state index contributed by atoms with van der Waals surface area (Å²) in [6, 6.07) is 8.34. The first kappa shape index (κ1) is 28.5. The van der Waals surface area contributed by atoms with Crippen LogP contribution in [0.4, 0.5) is 5.69 Å². The average molecular weight is 448 g/mol. The number of aryl methyl sites for hydroxylation is 1. The number of rotatable bonds is 22. The summed E-state index contributed by atoms with van der Waals surface area (Å²) in [4.78, 5) is 11.6. The molecular formula is C28H49NO3. The average Bonchev–Trinajstić information content (AvgIpc) is 2.81. The molecule has 0 fully saturated rings. The summed E-state index contributed by atoms with van der Waals surface area (Å²) in [6.07, 6.45) is 21.0. The number of ether oxygens (including phenoxy) is 1. The number of carbonyl (C=O) groups excluding carboxylic acids is 1. The SMILES string of the molecule is CCCCCCCCCCCCCCCCNc1ccc(CCC(=O)OCCCO)cc1. The largest absolute Gasteiger partial charge is 0.466 e. The van der Waals surface area contributed by atoms with Crippen molar-refractivity contribution in [2.75, 3.05) is 25.1 Å². The molecule has 184 valence electrons. The van der Waals surface area contributed by atoms with Gasteiger partial charge in [0.15, 0.2) is 0 Å². The van der Waals surface area contributed by atoms with Gasteiger partial charge in [0.05, 0.1) is 6.61 Å². The van der Waals surface area contributed by atoms with Crippen LogP contribution in [-0.4, -0.2) is 30.8 Å². The second-order valence-corrected chi connectivity index (χ2v) is 9.02. The van der Waals surface area contributed by atoms with Crippen LogP contribution in [0.15, 0.2) is 24.3 Å². The zero-order chi connectivity index (χ0) is 23.1. The Bertz CT molecular complexity index is 544. The fraction of sp³-hybridized carbons (Fsp3) is 0.750. The fourth-order valence-corrected chi connectivity index (χ4v) is 3.91. The van der Waals surface area contributed by atoms with Crippen LogP contribution < -0.4 is 5.32 Å². The van der Waals surface area contributed by atoms with E-state index < -0.39 is 0 Å². The van der Waals surface area contributed by atoms with E-state index in [2.05, 4.69) is 36.5 Å². The molecule has 0 aliphatic heterocycles. The third-order valence-electron chi connectivity index (χ3n) is 6.00. The Kier molecular flexibility index (Phi) is 19.0. The number of hydrogen-bond acceptors (Lipinski definition) is 4. The van der Waals surface area contributed by atoms with Gasteiger partial charge < -0.3 is 15.2 Å². The van der Waals surface area contributed by atoms with Gasteiger partial charge in [-0.1, -0.05) is 103 Å². The number of nitrogens with one attached hydrogen (secondary N) is 1. The molecule has 32 heavy (non-hydrogen) atoms. The summed E-state index contributed by atoms with van der Waals surface area (Å²) in [7, 11) is 0. The van der Waals surface area contributed by atoms with E-state index in [0.29, 0.717) is 25.9 Å². The van der Waals surface area contributed by atoms with E-state index in [4.69, 9.17) is 9.84 Å². The van der Waals surface area contributed by atoms with Crippen molar-refractivity contribution >= 4 is 11.7 Å². The molecule has 0 aliphatic carbocycles. The molecule has 0 saturated carbocycles. The van der Waals surface area contributed by atoms with Crippen LogP contribution in [0.2, 0.25) is 0 Å². The number of hydrogen-bond donors (Lipinski definition) is 2. The molecule has 0 saturated heterocycles. The number of benzene rings is 1. The Morgan fingerprint density at radius 2 is 1.31 bits per heavy atom. The predicted molar refractivity (Wildman–Crippen MR) is 136 cm³/mol. The summed E-state index contributed by atoms with van der Waals surface area (Å²) in [5, 5.41) is 12.2. The number of aliphatic hydroxyl groups excluding tert-OH is 1. The van der Waals surface area contributed by atoms with Gasteiger partial charge in [-0.2, -0.15) is 0 Å². The quantitative estimate of drug-likeness (QED) is 0.143. The molecule has 1 rings (SSSR count). The molecule has 4 nitrogen and oxygen atoms in total. The molecule has 4 heteroatoms. The number of esters is 1. The maximum absolute atomic E-state index is 11.6. The Labute approximate surface area is 197 Å². The highest BCUT2D eigenvalue weighted by Gasteiger charge is 2.04. The fourth-order valence-electron chi connectivity index (χ4n) is 3.91. The lowest BCUT2D eigenvalue weighted by Crippen LogP contribution is -2.08. The minimum Gasteiger partial charge on any atom is -0.466 e. The highest BCUT2D eigenvalue weighted by Crippen LogP contribution is 2.14. The van der Waals surface area contributed by atoms with Crippen molar-refractivity contribution in [3.63, 3.8) is 0 Å². The second-order valence-electron chi connectivity index (χ2n) is 9.02. The maximum Gasteiger partial charge on any atom is 0.306 e. The van der Waals surface area contributed by atoms with E-state index in [1.165, 1.54) is 89.9 Å². The van der Waals surface area contributed by atoms with Crippen LogP contribution in [0.3, 0.4) is 0 Å². The van der Waals surface area contributed by atoms with E-state index in [-0.39, 0.29) is 12.6 Å². The molecule has 0 aromatic heterocycles. The number of unbranched alkanes of at least 4 members (excludes halogenated alkanes) is 13. The van der Waals surface area contributed by atoms with Crippen molar-refractivity contribution < 1.29 is 14.6 Å². The van der Waals surface area contributed by atoms with Crippen LogP contribution >= 0.6 is 0 Å². The third-order valence-corrected chi connectivity index (χ3v) is 6.00. The zero-order valence-corrected chi connectivity index (χ0v) is 20.7. The number of anilines is 1. The summed E-state index contributed by atoms with van der Waals surface area (Å²) < 4.78 is 5.05. The van der Waals surface area contributed by atoms with Crippen molar-refractivity contribution in [2.45, 2.75) is 116 Å². The number of aliphatic hydroxyl groups is 1. The van der Waals surface area contributed by atoms with Gasteiger partial charge in [0.2, 0.25) is 0 Å². The smallest absolute Gasteiger partial charge is 0.306 e. The van der Waals surface area contributed by atoms with Crippen LogP contribution in [0.1, 0.15) is 115 Å².